The minimum Gasteiger partial charge on any atom is -0.469 e. The third-order valence-corrected chi connectivity index (χ3v) is 3.79. The summed E-state index contributed by atoms with van der Waals surface area (Å²) in [6.45, 7) is 2.11. The first kappa shape index (κ1) is 19.9. The van der Waals surface area contributed by atoms with Gasteiger partial charge in [-0.05, 0) is 38.2 Å². The zero-order valence-electron chi connectivity index (χ0n) is 14.7. The van der Waals surface area contributed by atoms with Gasteiger partial charge in [0.1, 0.15) is 0 Å². The summed E-state index contributed by atoms with van der Waals surface area (Å²) in [5, 5.41) is 0. The Hall–Kier alpha value is -2.16. The predicted octanol–water partition coefficient (Wildman–Crippen LogP) is 4.87. The molecule has 0 radical (unpaired) electrons. The molecule has 0 bridgehead atoms. The molecule has 1 aliphatic carbocycles. The molecule has 0 saturated carbocycles. The van der Waals surface area contributed by atoms with Crippen LogP contribution in [0.25, 0.3) is 0 Å². The molecule has 0 aromatic carbocycles. The maximum Gasteiger partial charge on any atom is 0.305 e. The molecule has 0 spiro atoms. The number of hydrogen-bond donors (Lipinski definition) is 0. The number of rotatable bonds is 10. The number of allylic oxidation sites excluding steroid dienone is 10. The van der Waals surface area contributed by atoms with Crippen molar-refractivity contribution in [2.75, 3.05) is 7.11 Å². The average Bonchev–Trinajstić information content (AvgIpc) is 2.94. The van der Waals surface area contributed by atoms with Crippen LogP contribution in [0.1, 0.15) is 45.4 Å². The van der Waals surface area contributed by atoms with E-state index in [-0.39, 0.29) is 17.7 Å². The lowest BCUT2D eigenvalue weighted by Gasteiger charge is -2.06. The highest BCUT2D eigenvalue weighted by molar-refractivity contribution is 6.07. The molecule has 0 fully saturated rings. The quantitative estimate of drug-likeness (QED) is 0.249. The zero-order chi connectivity index (χ0) is 17.6. The van der Waals surface area contributed by atoms with E-state index in [1.807, 2.05) is 18.2 Å². The molecule has 0 aromatic heterocycles. The maximum atomic E-state index is 11.9. The topological polar surface area (TPSA) is 43.4 Å². The van der Waals surface area contributed by atoms with E-state index in [1.165, 1.54) is 7.11 Å². The molecule has 1 rings (SSSR count). The highest BCUT2D eigenvalue weighted by Crippen LogP contribution is 2.25. The average molecular weight is 328 g/mol. The van der Waals surface area contributed by atoms with E-state index >= 15 is 0 Å². The molecule has 1 aliphatic rings. The van der Waals surface area contributed by atoms with Gasteiger partial charge in [-0.3, -0.25) is 9.59 Å². The number of carbonyl (C=O) groups excluding carboxylic acids is 2. The summed E-state index contributed by atoms with van der Waals surface area (Å²) in [4.78, 5) is 22.9. The first-order valence-corrected chi connectivity index (χ1v) is 8.65. The molecular weight excluding hydrogens is 300 g/mol. The Balaban J connectivity index is 2.40. The fourth-order valence-corrected chi connectivity index (χ4v) is 2.42. The molecule has 0 saturated heterocycles. The zero-order valence-corrected chi connectivity index (χ0v) is 14.7. The third-order valence-electron chi connectivity index (χ3n) is 3.79. The fraction of sp³-hybridized carbons (Fsp3) is 0.429. The Morgan fingerprint density at radius 1 is 1.21 bits per heavy atom. The number of methoxy groups -OCH3 is 1. The van der Waals surface area contributed by atoms with Crippen LogP contribution >= 0.6 is 0 Å². The van der Waals surface area contributed by atoms with Crippen LogP contribution in [0, 0.1) is 5.92 Å². The molecule has 0 heterocycles. The summed E-state index contributed by atoms with van der Waals surface area (Å²) >= 11 is 0. The molecule has 3 heteroatoms. The van der Waals surface area contributed by atoms with Crippen LogP contribution in [-0.2, 0) is 14.3 Å². The standard InChI is InChI=1S/C21H28O3/c1-3-4-5-6-7-11-14-19-18(16-17-20(19)22)13-10-8-9-12-15-21(23)24-2/h4-5,7-8,10-11,14,16-18H,3,6,9,12-13,15H2,1-2H3. The first-order valence-electron chi connectivity index (χ1n) is 8.65. The molecule has 0 aliphatic heterocycles. The Bertz CT molecular complexity index is 547. The molecule has 3 nitrogen and oxygen atoms in total. The summed E-state index contributed by atoms with van der Waals surface area (Å²) in [5.41, 5.74) is 0.852. The van der Waals surface area contributed by atoms with E-state index in [2.05, 4.69) is 42.0 Å². The van der Waals surface area contributed by atoms with Gasteiger partial charge in [0.2, 0.25) is 0 Å². The summed E-state index contributed by atoms with van der Waals surface area (Å²) < 4.78 is 4.60. The second-order valence-electron chi connectivity index (χ2n) is 5.67. The number of unbranched alkanes of at least 4 members (excludes halogenated alkanes) is 1. The normalized spacial score (nSPS) is 19.5. The van der Waals surface area contributed by atoms with Crippen LogP contribution in [0.2, 0.25) is 0 Å². The van der Waals surface area contributed by atoms with Crippen molar-refractivity contribution in [1.82, 2.24) is 0 Å². The van der Waals surface area contributed by atoms with Gasteiger partial charge in [0, 0.05) is 17.9 Å². The van der Waals surface area contributed by atoms with Gasteiger partial charge in [-0.1, -0.05) is 55.5 Å². The second-order valence-corrected chi connectivity index (χ2v) is 5.67. The summed E-state index contributed by atoms with van der Waals surface area (Å²) in [7, 11) is 1.41. The Kier molecular flexibility index (Phi) is 10.2. The van der Waals surface area contributed by atoms with Gasteiger partial charge in [-0.15, -0.1) is 0 Å². The van der Waals surface area contributed by atoms with Crippen molar-refractivity contribution in [2.45, 2.75) is 45.4 Å². The third kappa shape index (κ3) is 7.91. The molecule has 0 amide bonds. The molecule has 24 heavy (non-hydrogen) atoms. The summed E-state index contributed by atoms with van der Waals surface area (Å²) in [6, 6.07) is 0. The van der Waals surface area contributed by atoms with Crippen molar-refractivity contribution >= 4 is 11.8 Å². The van der Waals surface area contributed by atoms with Crippen LogP contribution in [0.4, 0.5) is 0 Å². The molecule has 1 atom stereocenters. The van der Waals surface area contributed by atoms with Crippen LogP contribution in [0.15, 0.2) is 60.3 Å². The number of ether oxygens (including phenoxy) is 1. The number of carbonyl (C=O) groups is 2. The monoisotopic (exact) mass is 328 g/mol. The first-order chi connectivity index (χ1) is 11.7. The van der Waals surface area contributed by atoms with E-state index in [0.717, 1.165) is 37.7 Å². The lowest BCUT2D eigenvalue weighted by Crippen LogP contribution is -2.01. The van der Waals surface area contributed by atoms with Crippen LogP contribution in [0.3, 0.4) is 0 Å². The van der Waals surface area contributed by atoms with Crippen LogP contribution in [-0.4, -0.2) is 18.9 Å². The second kappa shape index (κ2) is 12.3. The smallest absolute Gasteiger partial charge is 0.305 e. The van der Waals surface area contributed by atoms with Gasteiger partial charge in [0.15, 0.2) is 5.78 Å². The van der Waals surface area contributed by atoms with E-state index < -0.39 is 0 Å². The van der Waals surface area contributed by atoms with Gasteiger partial charge >= 0.3 is 5.97 Å². The van der Waals surface area contributed by atoms with E-state index in [1.54, 1.807) is 6.08 Å². The van der Waals surface area contributed by atoms with Crippen LogP contribution < -0.4 is 0 Å². The van der Waals surface area contributed by atoms with Crippen molar-refractivity contribution in [2.24, 2.45) is 5.92 Å². The van der Waals surface area contributed by atoms with Gasteiger partial charge in [-0.2, -0.15) is 0 Å². The molecule has 0 N–H and O–H groups in total. The summed E-state index contributed by atoms with van der Waals surface area (Å²) in [6.07, 6.45) is 22.8. The van der Waals surface area contributed by atoms with Crippen molar-refractivity contribution in [1.29, 1.82) is 0 Å². The number of esters is 1. The Morgan fingerprint density at radius 3 is 2.79 bits per heavy atom. The van der Waals surface area contributed by atoms with E-state index in [4.69, 9.17) is 0 Å². The molecule has 1 unspecified atom stereocenters. The number of ketones is 1. The Labute approximate surface area is 145 Å². The van der Waals surface area contributed by atoms with Gasteiger partial charge in [-0.25, -0.2) is 0 Å². The lowest BCUT2D eigenvalue weighted by molar-refractivity contribution is -0.140. The maximum absolute atomic E-state index is 11.9. The minimum atomic E-state index is -0.168. The van der Waals surface area contributed by atoms with Crippen molar-refractivity contribution < 1.29 is 14.3 Å². The lowest BCUT2D eigenvalue weighted by atomic mass is 9.97. The highest BCUT2D eigenvalue weighted by Gasteiger charge is 2.20. The SMILES string of the molecule is CCC=CCC=CC=C1C(=O)C=CC1CC=CCCCC(=O)OC. The Morgan fingerprint density at radius 2 is 2.04 bits per heavy atom. The molecule has 0 aromatic rings. The predicted molar refractivity (Wildman–Crippen MR) is 98.5 cm³/mol. The fourth-order valence-electron chi connectivity index (χ4n) is 2.42. The van der Waals surface area contributed by atoms with Gasteiger partial charge in [0.05, 0.1) is 7.11 Å². The highest BCUT2D eigenvalue weighted by atomic mass is 16.5. The van der Waals surface area contributed by atoms with Crippen molar-refractivity contribution in [3.8, 4) is 0 Å². The van der Waals surface area contributed by atoms with Crippen molar-refractivity contribution in [3.05, 3.63) is 60.3 Å². The van der Waals surface area contributed by atoms with Gasteiger partial charge in [0.25, 0.3) is 0 Å². The van der Waals surface area contributed by atoms with E-state index in [9.17, 15) is 9.59 Å². The number of hydrogen-bond acceptors (Lipinski definition) is 3. The van der Waals surface area contributed by atoms with Gasteiger partial charge < -0.3 is 4.74 Å². The minimum absolute atomic E-state index is 0.104. The molecular formula is C21H28O3. The van der Waals surface area contributed by atoms with Crippen molar-refractivity contribution in [3.63, 3.8) is 0 Å². The summed E-state index contributed by atoms with van der Waals surface area (Å²) in [5.74, 6) is 0.0940. The van der Waals surface area contributed by atoms with E-state index in [0.29, 0.717) is 6.42 Å². The molecule has 130 valence electrons. The largest absolute Gasteiger partial charge is 0.469 e. The van der Waals surface area contributed by atoms with Crippen LogP contribution in [0.5, 0.6) is 0 Å².